The second kappa shape index (κ2) is 7.25. The third-order valence-electron chi connectivity index (χ3n) is 3.39. The van der Waals surface area contributed by atoms with Crippen LogP contribution in [0.2, 0.25) is 0 Å². The smallest absolute Gasteiger partial charge is 0.398 e. The normalized spacial score (nSPS) is 11.5. The van der Waals surface area contributed by atoms with Gasteiger partial charge in [0, 0.05) is 11.0 Å². The van der Waals surface area contributed by atoms with Crippen LogP contribution in [-0.4, -0.2) is 17.8 Å². The Morgan fingerprint density at radius 2 is 1.77 bits per heavy atom. The number of hydrogen-bond donors (Lipinski definition) is 1. The van der Waals surface area contributed by atoms with Crippen LogP contribution in [0.3, 0.4) is 0 Å². The van der Waals surface area contributed by atoms with E-state index in [9.17, 15) is 22.8 Å². The third-order valence-corrected chi connectivity index (χ3v) is 4.52. The van der Waals surface area contributed by atoms with E-state index in [2.05, 4.69) is 5.32 Å². The average Bonchev–Trinajstić information content (AvgIpc) is 2.60. The van der Waals surface area contributed by atoms with E-state index in [4.69, 9.17) is 4.42 Å². The minimum absolute atomic E-state index is 0.211. The minimum atomic E-state index is -4.33. The van der Waals surface area contributed by atoms with Gasteiger partial charge >= 0.3 is 6.18 Å². The molecule has 2 aromatic carbocycles. The number of hydrogen-bond acceptors (Lipinski definition) is 4. The van der Waals surface area contributed by atoms with E-state index in [1.807, 2.05) is 0 Å². The molecule has 1 heterocycles. The van der Waals surface area contributed by atoms with Gasteiger partial charge in [0.05, 0.1) is 16.8 Å². The summed E-state index contributed by atoms with van der Waals surface area (Å²) in [4.78, 5) is 24.7. The molecule has 0 atom stereocenters. The molecule has 0 unspecified atom stereocenters. The van der Waals surface area contributed by atoms with Crippen molar-refractivity contribution >= 4 is 34.3 Å². The SMILES string of the molecule is O=C(Nc1ccccc1SCC(F)(F)F)c1cc(=O)c2ccccc2o1. The molecule has 1 aromatic heterocycles. The number of carbonyl (C=O) groups excluding carboxylic acids is 1. The van der Waals surface area contributed by atoms with Crippen molar-refractivity contribution in [2.75, 3.05) is 11.1 Å². The Hall–Kier alpha value is -2.74. The number of thioether (sulfide) groups is 1. The first-order chi connectivity index (χ1) is 12.3. The fourth-order valence-electron chi connectivity index (χ4n) is 2.26. The van der Waals surface area contributed by atoms with Crippen molar-refractivity contribution in [3.63, 3.8) is 0 Å². The number of anilines is 1. The van der Waals surface area contributed by atoms with Crippen LogP contribution in [0.5, 0.6) is 0 Å². The van der Waals surface area contributed by atoms with E-state index in [0.717, 1.165) is 6.07 Å². The number of fused-ring (bicyclic) bond motifs is 1. The zero-order chi connectivity index (χ0) is 18.7. The van der Waals surface area contributed by atoms with Crippen LogP contribution in [0.1, 0.15) is 10.6 Å². The lowest BCUT2D eigenvalue weighted by molar-refractivity contribution is -0.105. The standard InChI is InChI=1S/C18H12F3NO3S/c19-18(20,21)10-26-16-8-4-2-6-12(16)22-17(24)15-9-13(23)11-5-1-3-7-14(11)25-15/h1-9H,10H2,(H,22,24). The molecule has 0 aliphatic heterocycles. The number of para-hydroxylation sites is 2. The highest BCUT2D eigenvalue weighted by Gasteiger charge is 2.27. The Balaban J connectivity index is 1.86. The minimum Gasteiger partial charge on any atom is -0.451 e. The number of alkyl halides is 3. The van der Waals surface area contributed by atoms with Gasteiger partial charge in [0.15, 0.2) is 11.2 Å². The predicted octanol–water partition coefficient (Wildman–Crippen LogP) is 4.70. The molecule has 0 spiro atoms. The van der Waals surface area contributed by atoms with Crippen LogP contribution in [0.25, 0.3) is 11.0 Å². The summed E-state index contributed by atoms with van der Waals surface area (Å²) in [5.74, 6) is -2.01. The summed E-state index contributed by atoms with van der Waals surface area (Å²) in [6.07, 6.45) is -4.33. The molecule has 0 saturated heterocycles. The Morgan fingerprint density at radius 3 is 2.54 bits per heavy atom. The van der Waals surface area contributed by atoms with Gasteiger partial charge in [-0.15, -0.1) is 11.8 Å². The molecule has 0 radical (unpaired) electrons. The molecule has 0 aliphatic carbocycles. The fourth-order valence-corrected chi connectivity index (χ4v) is 3.02. The van der Waals surface area contributed by atoms with Crippen molar-refractivity contribution in [3.8, 4) is 0 Å². The van der Waals surface area contributed by atoms with Crippen molar-refractivity contribution in [2.45, 2.75) is 11.1 Å². The van der Waals surface area contributed by atoms with Gasteiger partial charge in [-0.2, -0.15) is 13.2 Å². The molecule has 0 saturated carbocycles. The van der Waals surface area contributed by atoms with Crippen LogP contribution in [-0.2, 0) is 0 Å². The lowest BCUT2D eigenvalue weighted by Crippen LogP contribution is -2.16. The largest absolute Gasteiger partial charge is 0.451 e. The van der Waals surface area contributed by atoms with Crippen LogP contribution in [0.4, 0.5) is 18.9 Å². The van der Waals surface area contributed by atoms with E-state index in [0.29, 0.717) is 17.1 Å². The van der Waals surface area contributed by atoms with Crippen molar-refractivity contribution in [3.05, 3.63) is 70.6 Å². The molecular formula is C18H12F3NO3S. The molecule has 3 aromatic rings. The van der Waals surface area contributed by atoms with Crippen LogP contribution in [0.15, 0.2) is 68.7 Å². The molecule has 3 rings (SSSR count). The first kappa shape index (κ1) is 18.1. The van der Waals surface area contributed by atoms with Crippen LogP contribution >= 0.6 is 11.8 Å². The number of amides is 1. The highest BCUT2D eigenvalue weighted by Crippen LogP contribution is 2.32. The van der Waals surface area contributed by atoms with Gasteiger partial charge in [-0.1, -0.05) is 24.3 Å². The summed E-state index contributed by atoms with van der Waals surface area (Å²) < 4.78 is 42.7. The second-order valence-electron chi connectivity index (χ2n) is 5.33. The molecular weight excluding hydrogens is 367 g/mol. The maximum Gasteiger partial charge on any atom is 0.398 e. The number of nitrogens with one attached hydrogen (secondary N) is 1. The number of rotatable bonds is 4. The quantitative estimate of drug-likeness (QED) is 0.668. The maximum atomic E-state index is 12.4. The zero-order valence-electron chi connectivity index (χ0n) is 13.2. The van der Waals surface area contributed by atoms with E-state index >= 15 is 0 Å². The highest BCUT2D eigenvalue weighted by molar-refractivity contribution is 7.99. The van der Waals surface area contributed by atoms with E-state index in [-0.39, 0.29) is 27.4 Å². The molecule has 0 fully saturated rings. The van der Waals surface area contributed by atoms with Crippen molar-refractivity contribution < 1.29 is 22.4 Å². The topological polar surface area (TPSA) is 59.3 Å². The lowest BCUT2D eigenvalue weighted by Gasteiger charge is -2.11. The van der Waals surface area contributed by atoms with Gasteiger partial charge in [0.1, 0.15) is 5.58 Å². The maximum absolute atomic E-state index is 12.4. The Bertz CT molecular complexity index is 1010. The van der Waals surface area contributed by atoms with Crippen LogP contribution < -0.4 is 10.7 Å². The first-order valence-corrected chi connectivity index (χ1v) is 8.45. The predicted molar refractivity (Wildman–Crippen MR) is 93.7 cm³/mol. The summed E-state index contributed by atoms with van der Waals surface area (Å²) in [5.41, 5.74) is 0.0872. The van der Waals surface area contributed by atoms with Gasteiger partial charge in [-0.25, -0.2) is 0 Å². The second-order valence-corrected chi connectivity index (χ2v) is 6.34. The molecule has 1 amide bonds. The van der Waals surface area contributed by atoms with Gasteiger partial charge in [0.25, 0.3) is 5.91 Å². The Labute approximate surface area is 150 Å². The van der Waals surface area contributed by atoms with Gasteiger partial charge in [-0.3, -0.25) is 9.59 Å². The average molecular weight is 379 g/mol. The van der Waals surface area contributed by atoms with Crippen molar-refractivity contribution in [1.29, 1.82) is 0 Å². The van der Waals surface area contributed by atoms with E-state index in [1.54, 1.807) is 36.4 Å². The van der Waals surface area contributed by atoms with Gasteiger partial charge in [0.2, 0.25) is 0 Å². The summed E-state index contributed by atoms with van der Waals surface area (Å²) in [5, 5.41) is 2.83. The lowest BCUT2D eigenvalue weighted by atomic mass is 10.2. The monoisotopic (exact) mass is 379 g/mol. The summed E-state index contributed by atoms with van der Waals surface area (Å²) >= 11 is 0.565. The van der Waals surface area contributed by atoms with Gasteiger partial charge < -0.3 is 9.73 Å². The number of benzene rings is 2. The summed E-state index contributed by atoms with van der Waals surface area (Å²) in [6.45, 7) is 0. The Kier molecular flexibility index (Phi) is 5.03. The number of halogens is 3. The first-order valence-electron chi connectivity index (χ1n) is 7.46. The van der Waals surface area contributed by atoms with Crippen molar-refractivity contribution in [1.82, 2.24) is 0 Å². The third kappa shape index (κ3) is 4.26. The summed E-state index contributed by atoms with van der Waals surface area (Å²) in [6, 6.07) is 13.6. The number of carbonyl (C=O) groups is 1. The molecule has 0 bridgehead atoms. The molecule has 134 valence electrons. The molecule has 0 aliphatic rings. The van der Waals surface area contributed by atoms with Crippen molar-refractivity contribution in [2.24, 2.45) is 0 Å². The molecule has 1 N–H and O–H groups in total. The Morgan fingerprint density at radius 1 is 1.08 bits per heavy atom. The van der Waals surface area contributed by atoms with Gasteiger partial charge in [-0.05, 0) is 24.3 Å². The van der Waals surface area contributed by atoms with Crippen LogP contribution in [0, 0.1) is 0 Å². The molecule has 4 nitrogen and oxygen atoms in total. The van der Waals surface area contributed by atoms with E-state index in [1.165, 1.54) is 12.1 Å². The molecule has 8 heteroatoms. The summed E-state index contributed by atoms with van der Waals surface area (Å²) in [7, 11) is 0. The van der Waals surface area contributed by atoms with E-state index < -0.39 is 17.8 Å². The zero-order valence-corrected chi connectivity index (χ0v) is 14.0. The molecule has 26 heavy (non-hydrogen) atoms. The highest BCUT2D eigenvalue weighted by atomic mass is 32.2. The fraction of sp³-hybridized carbons (Fsp3) is 0.111.